The number of para-hydroxylation sites is 2. The number of rotatable bonds is 7. The number of amides is 1. The molecule has 5 heteroatoms. The molecule has 4 rings (SSSR count). The molecule has 1 aromatic heterocycles. The average Bonchev–Trinajstić information content (AvgIpc) is 3.13. The highest BCUT2D eigenvalue weighted by Crippen LogP contribution is 2.26. The number of carbonyl (C=O) groups excluding carboxylic acids is 1. The lowest BCUT2D eigenvalue weighted by Crippen LogP contribution is -2.28. The van der Waals surface area contributed by atoms with Gasteiger partial charge >= 0.3 is 0 Å². The number of fused-ring (bicyclic) bond motifs is 1. The van der Waals surface area contributed by atoms with Crippen LogP contribution in [0.5, 0.6) is 0 Å². The molecule has 1 amide bonds. The second kappa shape index (κ2) is 9.14. The van der Waals surface area contributed by atoms with Crippen molar-refractivity contribution in [3.8, 4) is 0 Å². The Bertz CT molecular complexity index is 1150. The third-order valence-electron chi connectivity index (χ3n) is 5.32. The summed E-state index contributed by atoms with van der Waals surface area (Å²) in [6, 6.07) is 26.1. The van der Waals surface area contributed by atoms with Crippen LogP contribution >= 0.6 is 11.6 Å². The second-order valence-corrected chi connectivity index (χ2v) is 7.75. The molecule has 1 atom stereocenters. The van der Waals surface area contributed by atoms with Crippen LogP contribution in [0.25, 0.3) is 11.0 Å². The second-order valence-electron chi connectivity index (χ2n) is 7.34. The van der Waals surface area contributed by atoms with Crippen LogP contribution < -0.4 is 5.32 Å². The molecular formula is C25H24ClN3O. The molecule has 0 aliphatic heterocycles. The van der Waals surface area contributed by atoms with E-state index in [1.54, 1.807) is 6.07 Å². The molecule has 0 radical (unpaired) electrons. The van der Waals surface area contributed by atoms with E-state index in [0.29, 0.717) is 18.0 Å². The first kappa shape index (κ1) is 20.2. The van der Waals surface area contributed by atoms with Crippen molar-refractivity contribution in [3.05, 3.63) is 101 Å². The molecule has 0 fully saturated rings. The van der Waals surface area contributed by atoms with Crippen LogP contribution in [0.4, 0.5) is 0 Å². The molecule has 0 aliphatic carbocycles. The maximum atomic E-state index is 12.4. The maximum Gasteiger partial charge on any atom is 0.224 e. The molecule has 1 N–H and O–H groups in total. The summed E-state index contributed by atoms with van der Waals surface area (Å²) in [5, 5.41) is 3.62. The lowest BCUT2D eigenvalue weighted by Gasteiger charge is -2.18. The van der Waals surface area contributed by atoms with Crippen LogP contribution in [-0.2, 0) is 17.6 Å². The summed E-state index contributed by atoms with van der Waals surface area (Å²) >= 11 is 6.16. The van der Waals surface area contributed by atoms with Gasteiger partial charge in [-0.2, -0.15) is 0 Å². The third kappa shape index (κ3) is 4.39. The molecular weight excluding hydrogens is 394 g/mol. The summed E-state index contributed by atoms with van der Waals surface area (Å²) in [5.74, 6) is 0.924. The minimum Gasteiger partial charge on any atom is -0.355 e. The number of carbonyl (C=O) groups is 1. The van der Waals surface area contributed by atoms with Gasteiger partial charge in [-0.1, -0.05) is 72.3 Å². The fourth-order valence-corrected chi connectivity index (χ4v) is 3.98. The van der Waals surface area contributed by atoms with Crippen molar-refractivity contribution in [1.29, 1.82) is 0 Å². The van der Waals surface area contributed by atoms with Gasteiger partial charge in [0, 0.05) is 18.0 Å². The van der Waals surface area contributed by atoms with Gasteiger partial charge in [0.1, 0.15) is 5.82 Å². The molecule has 0 aliphatic rings. The monoisotopic (exact) mass is 417 g/mol. The van der Waals surface area contributed by atoms with E-state index < -0.39 is 0 Å². The van der Waals surface area contributed by atoms with Gasteiger partial charge in [0.2, 0.25) is 5.91 Å². The van der Waals surface area contributed by atoms with E-state index >= 15 is 0 Å². The minimum atomic E-state index is -0.0399. The van der Waals surface area contributed by atoms with Crippen LogP contribution in [0.1, 0.15) is 29.9 Å². The van der Waals surface area contributed by atoms with Crippen LogP contribution in [0.2, 0.25) is 5.02 Å². The molecule has 0 spiro atoms. The van der Waals surface area contributed by atoms with E-state index in [2.05, 4.69) is 47.1 Å². The predicted octanol–water partition coefficient (Wildman–Crippen LogP) is 5.20. The Balaban J connectivity index is 1.50. The zero-order chi connectivity index (χ0) is 20.9. The van der Waals surface area contributed by atoms with E-state index in [1.165, 1.54) is 5.56 Å². The van der Waals surface area contributed by atoms with Crippen LogP contribution in [0.15, 0.2) is 78.9 Å². The molecule has 4 aromatic rings. The lowest BCUT2D eigenvalue weighted by atomic mass is 10.1. The van der Waals surface area contributed by atoms with Crippen molar-refractivity contribution >= 4 is 28.5 Å². The zero-order valence-corrected chi connectivity index (χ0v) is 17.6. The van der Waals surface area contributed by atoms with Crippen molar-refractivity contribution in [2.45, 2.75) is 25.8 Å². The summed E-state index contributed by atoms with van der Waals surface area (Å²) in [6.07, 6.45) is 0.927. The highest BCUT2D eigenvalue weighted by Gasteiger charge is 2.17. The molecule has 3 aromatic carbocycles. The first-order valence-electron chi connectivity index (χ1n) is 10.1. The molecule has 0 bridgehead atoms. The number of aromatic nitrogens is 2. The molecule has 4 nitrogen and oxygen atoms in total. The van der Waals surface area contributed by atoms with Gasteiger partial charge in [-0.25, -0.2) is 4.98 Å². The summed E-state index contributed by atoms with van der Waals surface area (Å²) < 4.78 is 2.27. The first-order valence-corrected chi connectivity index (χ1v) is 10.5. The van der Waals surface area contributed by atoms with Crippen molar-refractivity contribution in [1.82, 2.24) is 14.9 Å². The Morgan fingerprint density at radius 2 is 1.70 bits per heavy atom. The van der Waals surface area contributed by atoms with Crippen molar-refractivity contribution in [3.63, 3.8) is 0 Å². The number of benzene rings is 3. The Hall–Kier alpha value is -3.11. The first-order chi connectivity index (χ1) is 14.6. The third-order valence-corrected chi connectivity index (χ3v) is 5.69. The van der Waals surface area contributed by atoms with Gasteiger partial charge in [0.15, 0.2) is 0 Å². The van der Waals surface area contributed by atoms with Gasteiger partial charge in [-0.3, -0.25) is 4.79 Å². The van der Waals surface area contributed by atoms with Gasteiger partial charge in [-0.05, 0) is 36.2 Å². The SMILES string of the molecule is CC(c1ccccc1)n1c(CCNC(=O)Cc2ccccc2Cl)nc2ccccc21. The van der Waals surface area contributed by atoms with E-state index in [9.17, 15) is 4.79 Å². The number of hydrogen-bond donors (Lipinski definition) is 1. The number of hydrogen-bond acceptors (Lipinski definition) is 2. The summed E-state index contributed by atoms with van der Waals surface area (Å²) in [5.41, 5.74) is 4.13. The summed E-state index contributed by atoms with van der Waals surface area (Å²) in [6.45, 7) is 2.71. The van der Waals surface area contributed by atoms with E-state index in [0.717, 1.165) is 22.4 Å². The fourth-order valence-electron chi connectivity index (χ4n) is 3.77. The van der Waals surface area contributed by atoms with Gasteiger partial charge in [0.25, 0.3) is 0 Å². The van der Waals surface area contributed by atoms with Crippen molar-refractivity contribution < 1.29 is 4.79 Å². The largest absolute Gasteiger partial charge is 0.355 e. The summed E-state index contributed by atoms with van der Waals surface area (Å²) in [7, 11) is 0. The van der Waals surface area contributed by atoms with E-state index in [4.69, 9.17) is 16.6 Å². The molecule has 1 heterocycles. The Morgan fingerprint density at radius 3 is 2.50 bits per heavy atom. The summed E-state index contributed by atoms with van der Waals surface area (Å²) in [4.78, 5) is 17.2. The van der Waals surface area contributed by atoms with Gasteiger partial charge < -0.3 is 9.88 Å². The molecule has 0 saturated carbocycles. The molecule has 0 saturated heterocycles. The molecule has 152 valence electrons. The average molecular weight is 418 g/mol. The standard InChI is InChI=1S/C25H24ClN3O/c1-18(19-9-3-2-4-10-19)29-23-14-8-7-13-22(23)28-24(29)15-16-27-25(30)17-20-11-5-6-12-21(20)26/h2-14,18H,15-17H2,1H3,(H,27,30). The van der Waals surface area contributed by atoms with Gasteiger partial charge in [0.05, 0.1) is 23.5 Å². The normalized spacial score (nSPS) is 12.1. The van der Waals surface area contributed by atoms with E-state index in [1.807, 2.05) is 42.5 Å². The Kier molecular flexibility index (Phi) is 6.15. The highest BCUT2D eigenvalue weighted by atomic mass is 35.5. The van der Waals surface area contributed by atoms with Crippen molar-refractivity contribution in [2.24, 2.45) is 0 Å². The molecule has 1 unspecified atom stereocenters. The smallest absolute Gasteiger partial charge is 0.224 e. The van der Waals surface area contributed by atoms with Crippen molar-refractivity contribution in [2.75, 3.05) is 6.54 Å². The quantitative estimate of drug-likeness (QED) is 0.449. The Morgan fingerprint density at radius 1 is 1.00 bits per heavy atom. The Labute approximate surface area is 181 Å². The lowest BCUT2D eigenvalue weighted by molar-refractivity contribution is -0.120. The van der Waals surface area contributed by atoms with Crippen LogP contribution in [0, 0.1) is 0 Å². The number of imidazole rings is 1. The molecule has 30 heavy (non-hydrogen) atoms. The topological polar surface area (TPSA) is 46.9 Å². The van der Waals surface area contributed by atoms with Gasteiger partial charge in [-0.15, -0.1) is 0 Å². The van der Waals surface area contributed by atoms with E-state index in [-0.39, 0.29) is 18.4 Å². The fraction of sp³-hybridized carbons (Fsp3) is 0.200. The highest BCUT2D eigenvalue weighted by molar-refractivity contribution is 6.31. The number of nitrogens with one attached hydrogen (secondary N) is 1. The minimum absolute atomic E-state index is 0.0399. The van der Waals surface area contributed by atoms with Crippen LogP contribution in [0.3, 0.4) is 0 Å². The predicted molar refractivity (Wildman–Crippen MR) is 122 cm³/mol. The number of halogens is 1. The number of nitrogens with zero attached hydrogens (tertiary/aromatic N) is 2. The maximum absolute atomic E-state index is 12.4. The van der Waals surface area contributed by atoms with Crippen LogP contribution in [-0.4, -0.2) is 22.0 Å². The zero-order valence-electron chi connectivity index (χ0n) is 16.9.